The molecule has 1 aromatic rings. The lowest BCUT2D eigenvalue weighted by Gasteiger charge is -2.25. The summed E-state index contributed by atoms with van der Waals surface area (Å²) in [6.45, 7) is 1.39. The van der Waals surface area contributed by atoms with Crippen molar-refractivity contribution in [2.45, 2.75) is 24.4 Å². The number of nitrogens with one attached hydrogen (secondary N) is 2. The quantitative estimate of drug-likeness (QED) is 0.627. The Morgan fingerprint density at radius 1 is 1.33 bits per heavy atom. The van der Waals surface area contributed by atoms with Crippen LogP contribution in [0, 0.1) is 10.1 Å². The second-order valence-corrected chi connectivity index (χ2v) is 5.51. The van der Waals surface area contributed by atoms with E-state index in [4.69, 9.17) is 0 Å². The summed E-state index contributed by atoms with van der Waals surface area (Å²) in [7, 11) is 0. The first-order valence-electron chi connectivity index (χ1n) is 6.16. The summed E-state index contributed by atoms with van der Waals surface area (Å²) in [6, 6.07) is 8.98. The Hall–Kier alpha value is -2.35. The minimum atomic E-state index is -0.788. The minimum absolute atomic E-state index is 0.0651. The van der Waals surface area contributed by atoms with Crippen molar-refractivity contribution in [3.05, 3.63) is 51.2 Å². The molecule has 8 heteroatoms. The zero-order valence-corrected chi connectivity index (χ0v) is 12.0. The Bertz CT molecular complexity index is 615. The van der Waals surface area contributed by atoms with Crippen molar-refractivity contribution in [3.8, 4) is 0 Å². The number of carbonyl (C=O) groups excluding carboxylic acids is 2. The third-order valence-corrected chi connectivity index (χ3v) is 3.70. The Kier molecular flexibility index (Phi) is 4.59. The van der Waals surface area contributed by atoms with Gasteiger partial charge < -0.3 is 10.6 Å². The molecule has 2 rings (SSSR count). The number of amides is 1. The van der Waals surface area contributed by atoms with Crippen molar-refractivity contribution < 1.29 is 14.5 Å². The second kappa shape index (κ2) is 6.40. The molecule has 21 heavy (non-hydrogen) atoms. The van der Waals surface area contributed by atoms with Gasteiger partial charge in [0.05, 0.1) is 4.92 Å². The first-order chi connectivity index (χ1) is 9.97. The van der Waals surface area contributed by atoms with E-state index in [1.54, 1.807) is 24.3 Å². The standard InChI is InChI=1S/C13H13N3O4S/c1-8(17)7-10-14-12(18)11(16(19)20)13(15-10)21-9-5-3-2-4-6-9/h2-6,10,15H,7H2,1H3,(H,14,18). The van der Waals surface area contributed by atoms with E-state index in [2.05, 4.69) is 10.6 Å². The fourth-order valence-electron chi connectivity index (χ4n) is 1.83. The van der Waals surface area contributed by atoms with Gasteiger partial charge in [-0.3, -0.25) is 19.7 Å². The van der Waals surface area contributed by atoms with Gasteiger partial charge in [0.15, 0.2) is 5.03 Å². The van der Waals surface area contributed by atoms with Gasteiger partial charge in [0, 0.05) is 11.3 Å². The molecule has 0 bridgehead atoms. The summed E-state index contributed by atoms with van der Waals surface area (Å²) in [4.78, 5) is 34.1. The van der Waals surface area contributed by atoms with Crippen LogP contribution in [0.5, 0.6) is 0 Å². The Balaban J connectivity index is 2.30. The van der Waals surface area contributed by atoms with Crippen molar-refractivity contribution in [1.29, 1.82) is 0 Å². The van der Waals surface area contributed by atoms with Crippen LogP contribution in [0.2, 0.25) is 0 Å². The molecule has 1 unspecified atom stereocenters. The monoisotopic (exact) mass is 307 g/mol. The summed E-state index contributed by atoms with van der Waals surface area (Å²) >= 11 is 1.09. The van der Waals surface area contributed by atoms with Crippen LogP contribution < -0.4 is 10.6 Å². The minimum Gasteiger partial charge on any atom is -0.354 e. The highest BCUT2D eigenvalue weighted by molar-refractivity contribution is 8.03. The molecule has 0 saturated heterocycles. The number of nitro groups is 1. The SMILES string of the molecule is CC(=O)CC1NC(=O)C([N+](=O)[O-])=C(Sc2ccccc2)N1. The summed E-state index contributed by atoms with van der Waals surface area (Å²) in [5.41, 5.74) is -0.538. The molecule has 0 saturated carbocycles. The van der Waals surface area contributed by atoms with Crippen LogP contribution in [0.1, 0.15) is 13.3 Å². The molecule has 110 valence electrons. The number of rotatable bonds is 5. The largest absolute Gasteiger partial charge is 0.363 e. The predicted octanol–water partition coefficient (Wildman–Crippen LogP) is 1.25. The molecule has 1 aromatic carbocycles. The highest BCUT2D eigenvalue weighted by Crippen LogP contribution is 2.29. The molecule has 1 aliphatic heterocycles. The van der Waals surface area contributed by atoms with Gasteiger partial charge in [0.2, 0.25) is 0 Å². The normalized spacial score (nSPS) is 18.0. The molecule has 1 aliphatic rings. The van der Waals surface area contributed by atoms with Gasteiger partial charge in [-0.15, -0.1) is 0 Å². The zero-order chi connectivity index (χ0) is 15.4. The van der Waals surface area contributed by atoms with E-state index in [0.29, 0.717) is 0 Å². The van der Waals surface area contributed by atoms with Crippen molar-refractivity contribution in [3.63, 3.8) is 0 Å². The number of thioether (sulfide) groups is 1. The lowest BCUT2D eigenvalue weighted by atomic mass is 10.2. The summed E-state index contributed by atoms with van der Waals surface area (Å²) in [5.74, 6) is -0.912. The molecule has 0 radical (unpaired) electrons. The maximum Gasteiger partial charge on any atom is 0.363 e. The average Bonchev–Trinajstić information content (AvgIpc) is 2.37. The molecular weight excluding hydrogens is 294 g/mol. The van der Waals surface area contributed by atoms with Gasteiger partial charge >= 0.3 is 11.6 Å². The molecule has 2 N–H and O–H groups in total. The van der Waals surface area contributed by atoms with Crippen molar-refractivity contribution >= 4 is 23.5 Å². The first kappa shape index (κ1) is 15.0. The van der Waals surface area contributed by atoms with E-state index in [9.17, 15) is 19.7 Å². The smallest absolute Gasteiger partial charge is 0.354 e. The second-order valence-electron chi connectivity index (χ2n) is 4.43. The van der Waals surface area contributed by atoms with Crippen molar-refractivity contribution in [2.24, 2.45) is 0 Å². The van der Waals surface area contributed by atoms with Gasteiger partial charge in [-0.25, -0.2) is 0 Å². The topological polar surface area (TPSA) is 101 Å². The van der Waals surface area contributed by atoms with Crippen LogP contribution in [0.25, 0.3) is 0 Å². The summed E-state index contributed by atoms with van der Waals surface area (Å²) < 4.78 is 0. The molecule has 0 spiro atoms. The Morgan fingerprint density at radius 3 is 2.57 bits per heavy atom. The predicted molar refractivity (Wildman–Crippen MR) is 76.7 cm³/mol. The number of hydrogen-bond donors (Lipinski definition) is 2. The molecule has 1 atom stereocenters. The van der Waals surface area contributed by atoms with Gasteiger partial charge in [-0.2, -0.15) is 0 Å². The highest BCUT2D eigenvalue weighted by atomic mass is 32.2. The van der Waals surface area contributed by atoms with E-state index < -0.39 is 22.7 Å². The van der Waals surface area contributed by atoms with E-state index >= 15 is 0 Å². The lowest BCUT2D eigenvalue weighted by molar-refractivity contribution is -0.420. The first-order valence-corrected chi connectivity index (χ1v) is 6.97. The maximum absolute atomic E-state index is 11.9. The van der Waals surface area contributed by atoms with E-state index in [-0.39, 0.29) is 17.2 Å². The van der Waals surface area contributed by atoms with Gasteiger partial charge in [-0.05, 0) is 19.1 Å². The van der Waals surface area contributed by atoms with Crippen LogP contribution in [0.3, 0.4) is 0 Å². The average molecular weight is 307 g/mol. The number of nitrogens with zero attached hydrogens (tertiary/aromatic N) is 1. The van der Waals surface area contributed by atoms with E-state index in [0.717, 1.165) is 16.7 Å². The van der Waals surface area contributed by atoms with Crippen LogP contribution >= 0.6 is 11.8 Å². The summed E-state index contributed by atoms with van der Waals surface area (Å²) in [6.07, 6.45) is -0.569. The molecule has 0 aromatic heterocycles. The van der Waals surface area contributed by atoms with Crippen LogP contribution in [0.4, 0.5) is 0 Å². The van der Waals surface area contributed by atoms with Crippen LogP contribution in [-0.4, -0.2) is 22.8 Å². The van der Waals surface area contributed by atoms with Crippen molar-refractivity contribution in [1.82, 2.24) is 10.6 Å². The number of ketones is 1. The molecule has 1 amide bonds. The number of hydrogen-bond acceptors (Lipinski definition) is 6. The molecular formula is C13H13N3O4S. The molecule has 0 fully saturated rings. The number of Topliss-reactive ketones (excluding diaryl/α,β-unsaturated/α-hetero) is 1. The van der Waals surface area contributed by atoms with Gasteiger partial charge in [0.1, 0.15) is 11.9 Å². The number of carbonyl (C=O) groups is 2. The highest BCUT2D eigenvalue weighted by Gasteiger charge is 2.36. The fourth-order valence-corrected chi connectivity index (χ4v) is 2.83. The Morgan fingerprint density at radius 2 is 2.00 bits per heavy atom. The van der Waals surface area contributed by atoms with Gasteiger partial charge in [0.25, 0.3) is 0 Å². The number of benzene rings is 1. The fraction of sp³-hybridized carbons (Fsp3) is 0.231. The van der Waals surface area contributed by atoms with Gasteiger partial charge in [-0.1, -0.05) is 30.0 Å². The van der Waals surface area contributed by atoms with Crippen LogP contribution in [0.15, 0.2) is 46.0 Å². The zero-order valence-electron chi connectivity index (χ0n) is 11.2. The van der Waals surface area contributed by atoms with Crippen LogP contribution in [-0.2, 0) is 9.59 Å². The molecule has 7 nitrogen and oxygen atoms in total. The molecule has 0 aliphatic carbocycles. The Labute approximate surface area is 124 Å². The lowest BCUT2D eigenvalue weighted by Crippen LogP contribution is -2.51. The summed E-state index contributed by atoms with van der Waals surface area (Å²) in [5, 5.41) is 16.5. The van der Waals surface area contributed by atoms with Crippen molar-refractivity contribution in [2.75, 3.05) is 0 Å². The van der Waals surface area contributed by atoms with E-state index in [1.165, 1.54) is 6.92 Å². The maximum atomic E-state index is 11.9. The third-order valence-electron chi connectivity index (χ3n) is 2.68. The molecule has 1 heterocycles. The van der Waals surface area contributed by atoms with E-state index in [1.807, 2.05) is 6.07 Å². The third kappa shape index (κ3) is 3.82.